The van der Waals surface area contributed by atoms with E-state index in [1.54, 1.807) is 29.2 Å². The van der Waals surface area contributed by atoms with Crippen molar-refractivity contribution in [3.63, 3.8) is 0 Å². The van der Waals surface area contributed by atoms with Crippen LogP contribution in [0.5, 0.6) is 5.75 Å². The Morgan fingerprint density at radius 3 is 2.50 bits per heavy atom. The Kier molecular flexibility index (Phi) is 5.62. The summed E-state index contributed by atoms with van der Waals surface area (Å²) >= 11 is 3.43. The number of benzene rings is 3. The Morgan fingerprint density at radius 2 is 1.79 bits per heavy atom. The van der Waals surface area contributed by atoms with Crippen LogP contribution in [-0.4, -0.2) is 12.5 Å². The van der Waals surface area contributed by atoms with Gasteiger partial charge < -0.3 is 9.15 Å². The van der Waals surface area contributed by atoms with Crippen molar-refractivity contribution in [2.75, 3.05) is 11.5 Å². The van der Waals surface area contributed by atoms with Gasteiger partial charge in [-0.05, 0) is 73.0 Å². The molecule has 0 fully saturated rings. The monoisotopic (exact) mass is 515 g/mol. The summed E-state index contributed by atoms with van der Waals surface area (Å²) in [6.07, 6.45) is 1.68. The lowest BCUT2D eigenvalue weighted by molar-refractivity contribution is 0.0971. The van der Waals surface area contributed by atoms with Crippen molar-refractivity contribution in [3.05, 3.63) is 116 Å². The lowest BCUT2D eigenvalue weighted by Crippen LogP contribution is -2.29. The second-order valence-electron chi connectivity index (χ2n) is 8.33. The molecule has 0 saturated carbocycles. The normalized spacial score (nSPS) is 15.0. The first-order valence-corrected chi connectivity index (χ1v) is 11.7. The Hall–Kier alpha value is -3.64. The zero-order valence-corrected chi connectivity index (χ0v) is 20.4. The van der Waals surface area contributed by atoms with Crippen molar-refractivity contribution in [2.45, 2.75) is 19.9 Å². The van der Waals surface area contributed by atoms with Gasteiger partial charge in [0.15, 0.2) is 5.43 Å². The molecule has 1 aromatic heterocycles. The molecule has 0 aliphatic carbocycles. The number of nitrogens with zero attached hydrogens (tertiary/aromatic N) is 1. The van der Waals surface area contributed by atoms with Gasteiger partial charge in [-0.15, -0.1) is 0 Å². The standard InChI is InChI=1S/C28H22BrNO4/c1-4-13-33-21-10-6-18(7-11-21)25-24-26(31)22-15-19(29)8-12-23(22)34-27(24)28(32)30(25)20-9-5-16(2)17(3)14-20/h4-12,14-15,25H,1,13H2,2-3H3. The third-order valence-corrected chi connectivity index (χ3v) is 6.66. The number of rotatable bonds is 5. The maximum absolute atomic E-state index is 13.7. The first-order chi connectivity index (χ1) is 16.4. The van der Waals surface area contributed by atoms with Gasteiger partial charge in [0.2, 0.25) is 5.76 Å². The molecule has 170 valence electrons. The lowest BCUT2D eigenvalue weighted by atomic mass is 9.98. The van der Waals surface area contributed by atoms with Crippen molar-refractivity contribution in [3.8, 4) is 5.75 Å². The third-order valence-electron chi connectivity index (χ3n) is 6.16. The predicted molar refractivity (Wildman–Crippen MR) is 137 cm³/mol. The molecule has 0 spiro atoms. The van der Waals surface area contributed by atoms with Crippen molar-refractivity contribution in [2.24, 2.45) is 0 Å². The molecule has 0 bridgehead atoms. The van der Waals surface area contributed by atoms with Gasteiger partial charge in [-0.1, -0.05) is 46.8 Å². The maximum atomic E-state index is 13.7. The molecule has 1 atom stereocenters. The van der Waals surface area contributed by atoms with E-state index >= 15 is 0 Å². The number of carbonyl (C=O) groups is 1. The smallest absolute Gasteiger partial charge is 0.295 e. The van der Waals surface area contributed by atoms with E-state index in [2.05, 4.69) is 22.5 Å². The van der Waals surface area contributed by atoms with Gasteiger partial charge in [-0.25, -0.2) is 0 Å². The van der Waals surface area contributed by atoms with E-state index in [1.165, 1.54) is 0 Å². The molecule has 2 heterocycles. The molecule has 0 radical (unpaired) electrons. The van der Waals surface area contributed by atoms with Crippen LogP contribution in [0.2, 0.25) is 0 Å². The number of amides is 1. The van der Waals surface area contributed by atoms with Crippen molar-refractivity contribution < 1.29 is 13.9 Å². The van der Waals surface area contributed by atoms with Gasteiger partial charge in [-0.3, -0.25) is 14.5 Å². The fourth-order valence-electron chi connectivity index (χ4n) is 4.30. The van der Waals surface area contributed by atoms with Gasteiger partial charge in [0.1, 0.15) is 17.9 Å². The largest absolute Gasteiger partial charge is 0.490 e. The third kappa shape index (κ3) is 3.64. The van der Waals surface area contributed by atoms with Crippen molar-refractivity contribution in [1.82, 2.24) is 0 Å². The quantitative estimate of drug-likeness (QED) is 0.285. The maximum Gasteiger partial charge on any atom is 0.295 e. The van der Waals surface area contributed by atoms with Crippen LogP contribution < -0.4 is 15.1 Å². The number of hydrogen-bond acceptors (Lipinski definition) is 4. The van der Waals surface area contributed by atoms with Crippen LogP contribution >= 0.6 is 15.9 Å². The highest BCUT2D eigenvalue weighted by molar-refractivity contribution is 9.10. The lowest BCUT2D eigenvalue weighted by Gasteiger charge is -2.26. The molecule has 1 unspecified atom stereocenters. The summed E-state index contributed by atoms with van der Waals surface area (Å²) in [5.41, 5.74) is 4.19. The molecule has 5 rings (SSSR count). The summed E-state index contributed by atoms with van der Waals surface area (Å²) in [6.45, 7) is 8.09. The topological polar surface area (TPSA) is 59.8 Å². The van der Waals surface area contributed by atoms with Crippen LogP contribution in [-0.2, 0) is 0 Å². The predicted octanol–water partition coefficient (Wildman–Crippen LogP) is 6.49. The second-order valence-corrected chi connectivity index (χ2v) is 9.25. The Bertz CT molecular complexity index is 1500. The van der Waals surface area contributed by atoms with E-state index in [-0.39, 0.29) is 17.1 Å². The Labute approximate surface area is 205 Å². The minimum absolute atomic E-state index is 0.0787. The molecule has 5 nitrogen and oxygen atoms in total. The molecule has 3 aromatic carbocycles. The van der Waals surface area contributed by atoms with Gasteiger partial charge in [0.05, 0.1) is 17.0 Å². The molecule has 34 heavy (non-hydrogen) atoms. The van der Waals surface area contributed by atoms with Gasteiger partial charge >= 0.3 is 0 Å². The number of ether oxygens (including phenoxy) is 1. The average molecular weight is 516 g/mol. The highest BCUT2D eigenvalue weighted by Gasteiger charge is 2.43. The molecule has 6 heteroatoms. The summed E-state index contributed by atoms with van der Waals surface area (Å²) in [4.78, 5) is 29.1. The van der Waals surface area contributed by atoms with Crippen molar-refractivity contribution in [1.29, 1.82) is 0 Å². The van der Waals surface area contributed by atoms with Crippen molar-refractivity contribution >= 4 is 38.5 Å². The number of hydrogen-bond donors (Lipinski definition) is 0. The molecule has 0 N–H and O–H groups in total. The van der Waals surface area contributed by atoms with Gasteiger partial charge in [-0.2, -0.15) is 0 Å². The van der Waals surface area contributed by atoms with Gasteiger partial charge in [0, 0.05) is 10.2 Å². The fourth-order valence-corrected chi connectivity index (χ4v) is 4.66. The van der Waals surface area contributed by atoms with E-state index in [4.69, 9.17) is 9.15 Å². The number of anilines is 1. The number of aryl methyl sites for hydroxylation is 2. The molecule has 0 saturated heterocycles. The van der Waals surface area contributed by atoms with Crippen LogP contribution in [0.4, 0.5) is 5.69 Å². The van der Waals surface area contributed by atoms with E-state index in [0.717, 1.165) is 21.2 Å². The highest BCUT2D eigenvalue weighted by atomic mass is 79.9. The minimum atomic E-state index is -0.627. The van der Waals surface area contributed by atoms with Crippen LogP contribution in [0.25, 0.3) is 11.0 Å². The van der Waals surface area contributed by atoms with Crippen LogP contribution in [0, 0.1) is 13.8 Å². The number of fused-ring (bicyclic) bond motifs is 2. The first-order valence-electron chi connectivity index (χ1n) is 10.9. The molecule has 1 amide bonds. The van der Waals surface area contributed by atoms with Crippen LogP contribution in [0.15, 0.2) is 87.0 Å². The SMILES string of the molecule is C=CCOc1ccc(C2c3c(oc4ccc(Br)cc4c3=O)C(=O)N2c2ccc(C)c(C)c2)cc1. The summed E-state index contributed by atoms with van der Waals surface area (Å²) < 4.78 is 12.4. The van der Waals surface area contributed by atoms with Gasteiger partial charge in [0.25, 0.3) is 5.91 Å². The summed E-state index contributed by atoms with van der Waals surface area (Å²) in [6, 6.07) is 17.9. The second kappa shape index (κ2) is 8.61. The minimum Gasteiger partial charge on any atom is -0.490 e. The Balaban J connectivity index is 1.74. The first kappa shape index (κ1) is 22.2. The number of halogens is 1. The van der Waals surface area contributed by atoms with E-state index in [1.807, 2.05) is 56.3 Å². The molecular weight excluding hydrogens is 494 g/mol. The fraction of sp³-hybridized carbons (Fsp3) is 0.143. The molecule has 1 aliphatic heterocycles. The molecule has 4 aromatic rings. The molecule has 1 aliphatic rings. The Morgan fingerprint density at radius 1 is 1.03 bits per heavy atom. The zero-order chi connectivity index (χ0) is 24.0. The molecular formula is C28H22BrNO4. The van der Waals surface area contributed by atoms with Crippen LogP contribution in [0.3, 0.4) is 0 Å². The zero-order valence-electron chi connectivity index (χ0n) is 18.8. The van der Waals surface area contributed by atoms with Crippen LogP contribution in [0.1, 0.15) is 38.9 Å². The number of carbonyl (C=O) groups excluding carboxylic acids is 1. The summed E-state index contributed by atoms with van der Waals surface area (Å²) in [7, 11) is 0. The summed E-state index contributed by atoms with van der Waals surface area (Å²) in [5.74, 6) is 0.424. The van der Waals surface area contributed by atoms with E-state index in [0.29, 0.717) is 34.6 Å². The summed E-state index contributed by atoms with van der Waals surface area (Å²) in [5, 5.41) is 0.429. The van der Waals surface area contributed by atoms with E-state index < -0.39 is 6.04 Å². The highest BCUT2D eigenvalue weighted by Crippen LogP contribution is 2.42. The average Bonchev–Trinajstić information content (AvgIpc) is 3.13. The van der Waals surface area contributed by atoms with E-state index in [9.17, 15) is 9.59 Å².